The maximum Gasteiger partial charge on any atom is -1.00 e. The summed E-state index contributed by atoms with van der Waals surface area (Å²) in [5, 5.41) is 0. The summed E-state index contributed by atoms with van der Waals surface area (Å²) in [4.78, 5) is 0. The molecule has 0 radical (unpaired) electrons. The van der Waals surface area contributed by atoms with Gasteiger partial charge in [0, 0.05) is 0 Å². The summed E-state index contributed by atoms with van der Waals surface area (Å²) in [7, 11) is 0. The molecule has 4 aromatic rings. The van der Waals surface area contributed by atoms with Crippen molar-refractivity contribution in [1.82, 2.24) is 0 Å². The van der Waals surface area contributed by atoms with Crippen molar-refractivity contribution in [3.05, 3.63) is 129 Å². The van der Waals surface area contributed by atoms with Gasteiger partial charge in [-0.3, -0.25) is 0 Å². The second-order valence-corrected chi connectivity index (χ2v) is 16.7. The molecule has 2 aliphatic rings. The zero-order valence-corrected chi connectivity index (χ0v) is 31.1. The van der Waals surface area contributed by atoms with Crippen molar-refractivity contribution in [2.24, 2.45) is 5.92 Å². The molecule has 6 rings (SSSR count). The zero-order chi connectivity index (χ0) is 29.5. The van der Waals surface area contributed by atoms with E-state index in [4.69, 9.17) is 0 Å². The molecule has 0 aliphatic heterocycles. The molecule has 0 nitrogen and oxygen atoms in total. The first-order valence-corrected chi connectivity index (χ1v) is 18.7. The fraction of sp³-hybridized carbons (Fsp3) is 0.317. The van der Waals surface area contributed by atoms with E-state index in [1.807, 2.05) is 0 Å². The van der Waals surface area contributed by atoms with E-state index in [9.17, 15) is 0 Å². The van der Waals surface area contributed by atoms with Crippen molar-refractivity contribution < 1.29 is 48.0 Å². The van der Waals surface area contributed by atoms with E-state index in [1.54, 1.807) is 22.3 Å². The van der Waals surface area contributed by atoms with Crippen LogP contribution in [-0.2, 0) is 23.2 Å². The monoisotopic (exact) mass is 696 g/mol. The predicted octanol–water partition coefficient (Wildman–Crippen LogP) is 6.00. The minimum Gasteiger partial charge on any atom is -1.00 e. The number of hydrogen-bond acceptors (Lipinski definition) is 0. The molecule has 0 aromatic heterocycles. The number of fused-ring (bicyclic) bond motifs is 2. The second kappa shape index (κ2) is 14.5. The van der Waals surface area contributed by atoms with E-state index >= 15 is 0 Å². The number of halogens is 2. The largest absolute Gasteiger partial charge is 1.00 e. The van der Waals surface area contributed by atoms with Gasteiger partial charge in [0.1, 0.15) is 0 Å². The van der Waals surface area contributed by atoms with Crippen LogP contribution in [0.4, 0.5) is 0 Å². The van der Waals surface area contributed by atoms with E-state index in [-0.39, 0.29) is 24.8 Å². The molecule has 0 fully saturated rings. The third kappa shape index (κ3) is 6.54. The van der Waals surface area contributed by atoms with Crippen LogP contribution in [-0.4, -0.2) is 0 Å². The second-order valence-electron chi connectivity index (χ2n) is 13.1. The third-order valence-electron chi connectivity index (χ3n) is 9.43. The van der Waals surface area contributed by atoms with Crippen molar-refractivity contribution in [3.8, 4) is 22.3 Å². The number of benzene rings is 4. The van der Waals surface area contributed by atoms with Crippen molar-refractivity contribution in [1.29, 1.82) is 0 Å². The Bertz CT molecular complexity index is 1660. The van der Waals surface area contributed by atoms with Gasteiger partial charge < -0.3 is 24.8 Å². The van der Waals surface area contributed by atoms with Gasteiger partial charge in [-0.1, -0.05) is 0 Å². The average molecular weight is 699 g/mol. The fourth-order valence-corrected chi connectivity index (χ4v) is 12.5. The van der Waals surface area contributed by atoms with E-state index in [0.29, 0.717) is 25.0 Å². The number of hydrogen-bond donors (Lipinski definition) is 0. The topological polar surface area (TPSA) is 0 Å². The minimum absolute atomic E-state index is 0. The van der Waals surface area contributed by atoms with Crippen molar-refractivity contribution in [2.75, 3.05) is 0 Å². The van der Waals surface area contributed by atoms with E-state index in [1.165, 1.54) is 44.5 Å². The molecule has 3 heteroatoms. The van der Waals surface area contributed by atoms with Gasteiger partial charge in [-0.15, -0.1) is 0 Å². The van der Waals surface area contributed by atoms with Crippen molar-refractivity contribution in [3.63, 3.8) is 0 Å². The van der Waals surface area contributed by atoms with E-state index < -0.39 is 23.2 Å². The maximum absolute atomic E-state index is 2.58. The Morgan fingerprint density at radius 2 is 1.00 bits per heavy atom. The van der Waals surface area contributed by atoms with Crippen LogP contribution in [0, 0.1) is 5.92 Å². The van der Waals surface area contributed by atoms with E-state index in [0.717, 1.165) is 6.42 Å². The van der Waals surface area contributed by atoms with Gasteiger partial charge in [0.25, 0.3) is 0 Å². The van der Waals surface area contributed by atoms with Gasteiger partial charge in [0.2, 0.25) is 0 Å². The summed E-state index contributed by atoms with van der Waals surface area (Å²) in [6.45, 7) is 16.3. The van der Waals surface area contributed by atoms with Gasteiger partial charge in [-0.2, -0.15) is 0 Å². The van der Waals surface area contributed by atoms with Crippen LogP contribution in [0.5, 0.6) is 0 Å². The van der Waals surface area contributed by atoms with Crippen LogP contribution >= 0.6 is 0 Å². The Morgan fingerprint density at radius 3 is 1.43 bits per heavy atom. The smallest absolute Gasteiger partial charge is 1.00 e. The normalized spacial score (nSPS) is 16.6. The molecule has 0 saturated heterocycles. The molecule has 226 valence electrons. The Balaban J connectivity index is 0.00000221. The molecule has 0 heterocycles. The molecule has 2 atom stereocenters. The van der Waals surface area contributed by atoms with Gasteiger partial charge in [0.15, 0.2) is 0 Å². The quantitative estimate of drug-likeness (QED) is 0.212. The molecule has 0 amide bonds. The first-order chi connectivity index (χ1) is 20.3. The van der Waals surface area contributed by atoms with Gasteiger partial charge >= 0.3 is 267 Å². The van der Waals surface area contributed by atoms with Crippen LogP contribution < -0.4 is 24.8 Å². The fourth-order valence-electron chi connectivity index (χ4n) is 6.84. The zero-order valence-electron chi connectivity index (χ0n) is 27.1. The van der Waals surface area contributed by atoms with Crippen molar-refractivity contribution in [2.45, 2.75) is 74.0 Å². The molecular formula is C41H44Cl2Zr. The van der Waals surface area contributed by atoms with Crippen LogP contribution in [0.3, 0.4) is 0 Å². The number of allylic oxidation sites excluding steroid dienone is 2. The molecule has 2 unspecified atom stereocenters. The Hall–Kier alpha value is -2.18. The first-order valence-electron chi connectivity index (χ1n) is 15.9. The third-order valence-corrected chi connectivity index (χ3v) is 14.3. The van der Waals surface area contributed by atoms with Crippen LogP contribution in [0.1, 0.15) is 107 Å². The summed E-state index contributed by atoms with van der Waals surface area (Å²) in [6, 6.07) is 32.8. The Labute approximate surface area is 289 Å². The van der Waals surface area contributed by atoms with E-state index in [2.05, 4.69) is 146 Å². The minimum atomic E-state index is -0.945. The molecule has 0 saturated carbocycles. The van der Waals surface area contributed by atoms with Crippen molar-refractivity contribution >= 4 is 12.2 Å². The molecule has 2 aliphatic carbocycles. The first kappa shape index (κ1) is 34.7. The Morgan fingerprint density at radius 1 is 0.545 bits per heavy atom. The molecule has 0 spiro atoms. The molecule has 0 N–H and O–H groups in total. The van der Waals surface area contributed by atoms with Crippen LogP contribution in [0.25, 0.3) is 34.4 Å². The maximum atomic E-state index is 2.58. The van der Waals surface area contributed by atoms with Gasteiger partial charge in [-0.05, 0) is 0 Å². The molecular weight excluding hydrogens is 655 g/mol. The van der Waals surface area contributed by atoms with Crippen LogP contribution in [0.2, 0.25) is 0 Å². The summed E-state index contributed by atoms with van der Waals surface area (Å²) >= 11 is -0.945. The predicted molar refractivity (Wildman–Crippen MR) is 178 cm³/mol. The molecule has 0 bridgehead atoms. The average Bonchev–Trinajstić information content (AvgIpc) is 3.56. The molecule has 44 heavy (non-hydrogen) atoms. The standard InChI is InChI=1S/C21H23.C20H21.2ClH.Zr/c1-14(2)16-8-10-17(11-9-16)20-7-5-6-18-12-19(15(3)4)13-21(18)20;1-4-15-12-18-6-5-7-19(20(18)13-15)17-10-8-16(9-11-17)14(2)3;;;/h5-15H,1-4H3;5-14H,4H2,1-3H3;2*1H;/q;;;;+2/p-2. The summed E-state index contributed by atoms with van der Waals surface area (Å²) in [5.74, 6) is 1.67. The summed E-state index contributed by atoms with van der Waals surface area (Å²) in [5.41, 5.74) is 17.7. The summed E-state index contributed by atoms with van der Waals surface area (Å²) < 4.78 is 1.23. The van der Waals surface area contributed by atoms with Crippen LogP contribution in [0.15, 0.2) is 96.1 Å². The summed E-state index contributed by atoms with van der Waals surface area (Å²) in [6.07, 6.45) is 6.28. The number of rotatable bonds is 8. The SMILES string of the molecule is CCC1=Cc2c(-c3ccc(C(C)C)cc3)cccc2[CH]1[Zr+2][CH]1C(C(C)C)=Cc2c(-c3ccc(C(C)C)cc3)cccc21.[Cl-].[Cl-]. The molecule has 4 aromatic carbocycles. The van der Waals surface area contributed by atoms with Gasteiger partial charge in [0.05, 0.1) is 0 Å². The Kier molecular flexibility index (Phi) is 11.4. The van der Waals surface area contributed by atoms with Gasteiger partial charge in [-0.25, -0.2) is 0 Å².